The first kappa shape index (κ1) is 20.6. The Hall–Kier alpha value is -3.69. The quantitative estimate of drug-likeness (QED) is 0.292. The van der Waals surface area contributed by atoms with Crippen molar-refractivity contribution in [1.82, 2.24) is 20.6 Å². The Labute approximate surface area is 182 Å². The van der Waals surface area contributed by atoms with Crippen molar-refractivity contribution >= 4 is 45.6 Å². The van der Waals surface area contributed by atoms with E-state index in [0.717, 1.165) is 22.3 Å². The molecular weight excluding hydrogens is 414 g/mol. The lowest BCUT2D eigenvalue weighted by Gasteiger charge is -2.16. The summed E-state index contributed by atoms with van der Waals surface area (Å²) in [6, 6.07) is 13.9. The number of aliphatic hydroxyl groups excluding tert-OH is 1. The third-order valence-electron chi connectivity index (χ3n) is 4.71. The predicted molar refractivity (Wildman–Crippen MR) is 120 cm³/mol. The van der Waals surface area contributed by atoms with Crippen molar-refractivity contribution in [3.05, 3.63) is 76.7 Å². The van der Waals surface area contributed by atoms with Gasteiger partial charge < -0.3 is 26.0 Å². The Balaban J connectivity index is 1.43. The lowest BCUT2D eigenvalue weighted by molar-refractivity contribution is -0.124. The number of hydrogen-bond donors (Lipinski definition) is 5. The summed E-state index contributed by atoms with van der Waals surface area (Å²) in [7, 11) is 0. The van der Waals surface area contributed by atoms with Gasteiger partial charge in [-0.25, -0.2) is 4.98 Å². The van der Waals surface area contributed by atoms with Crippen LogP contribution < -0.4 is 16.0 Å². The van der Waals surface area contributed by atoms with Gasteiger partial charge in [0.1, 0.15) is 16.6 Å². The molecule has 5 N–H and O–H groups in total. The maximum absolute atomic E-state index is 12.8. The summed E-state index contributed by atoms with van der Waals surface area (Å²) in [6.45, 7) is -0.193. The van der Waals surface area contributed by atoms with Crippen molar-refractivity contribution in [2.75, 3.05) is 11.9 Å². The van der Waals surface area contributed by atoms with Gasteiger partial charge in [-0.2, -0.15) is 0 Å². The summed E-state index contributed by atoms with van der Waals surface area (Å²) >= 11 is 1.25. The molecule has 158 valence electrons. The van der Waals surface area contributed by atoms with Crippen LogP contribution in [-0.4, -0.2) is 39.5 Å². The number of aliphatic hydroxyl groups is 1. The molecule has 1 unspecified atom stereocenters. The topological polar surface area (TPSA) is 119 Å². The monoisotopic (exact) mass is 435 g/mol. The highest BCUT2D eigenvalue weighted by molar-refractivity contribution is 7.12. The minimum atomic E-state index is -1.05. The third kappa shape index (κ3) is 4.73. The zero-order valence-corrected chi connectivity index (χ0v) is 17.3. The lowest BCUT2D eigenvalue weighted by atomic mass is 10.2. The summed E-state index contributed by atoms with van der Waals surface area (Å²) in [5.74, 6) is -0.889. The van der Waals surface area contributed by atoms with Crippen molar-refractivity contribution in [2.24, 2.45) is 0 Å². The second kappa shape index (κ2) is 9.41. The fourth-order valence-corrected chi connectivity index (χ4v) is 3.88. The number of carbonyl (C=O) groups is 2. The minimum Gasteiger partial charge on any atom is -0.394 e. The molecule has 4 rings (SSSR count). The Morgan fingerprint density at radius 2 is 1.94 bits per heavy atom. The summed E-state index contributed by atoms with van der Waals surface area (Å²) in [4.78, 5) is 33.0. The first-order valence-electron chi connectivity index (χ1n) is 9.65. The molecule has 4 aromatic rings. The zero-order valence-electron chi connectivity index (χ0n) is 16.5. The Morgan fingerprint density at radius 1 is 1.10 bits per heavy atom. The van der Waals surface area contributed by atoms with E-state index < -0.39 is 24.5 Å². The van der Waals surface area contributed by atoms with E-state index in [4.69, 9.17) is 0 Å². The molecule has 0 fully saturated rings. The molecule has 0 saturated heterocycles. The number of aromatic nitrogens is 2. The fourth-order valence-electron chi connectivity index (χ4n) is 3.12. The number of anilines is 2. The number of benzene rings is 1. The summed E-state index contributed by atoms with van der Waals surface area (Å²) in [5.41, 5.74) is 3.08. The third-order valence-corrected chi connectivity index (χ3v) is 5.63. The Morgan fingerprint density at radius 3 is 2.74 bits per heavy atom. The molecule has 0 aliphatic heterocycles. The average Bonchev–Trinajstić information content (AvgIpc) is 3.46. The van der Waals surface area contributed by atoms with Crippen molar-refractivity contribution in [3.63, 3.8) is 0 Å². The predicted octanol–water partition coefficient (Wildman–Crippen LogP) is 2.78. The molecule has 0 aliphatic rings. The summed E-state index contributed by atoms with van der Waals surface area (Å²) in [6.07, 6.45) is 3.47. The molecule has 0 radical (unpaired) electrons. The molecule has 9 heteroatoms. The Bertz CT molecular complexity index is 1190. The standard InChI is InChI=1S/C22H21N5O3S/c28-13-18(21(29)25-12-14-4-2-1-3-5-14)27-22(30)19-17(8-11-31-19)26-16-7-10-24-20-15(16)6-9-23-20/h1-11,18,28H,12-13H2,(H,25,29)(H,27,30)(H2,23,24,26). The maximum atomic E-state index is 12.8. The molecule has 31 heavy (non-hydrogen) atoms. The van der Waals surface area contributed by atoms with Crippen LogP contribution in [-0.2, 0) is 11.3 Å². The second-order valence-electron chi connectivity index (χ2n) is 6.80. The van der Waals surface area contributed by atoms with Crippen LogP contribution in [0.2, 0.25) is 0 Å². The molecule has 0 spiro atoms. The number of rotatable bonds is 8. The molecule has 8 nitrogen and oxygen atoms in total. The number of thiophene rings is 1. The van der Waals surface area contributed by atoms with Crippen LogP contribution in [0.3, 0.4) is 0 Å². The number of aromatic amines is 1. The number of carbonyl (C=O) groups excluding carboxylic acids is 2. The highest BCUT2D eigenvalue weighted by Gasteiger charge is 2.23. The molecule has 3 aromatic heterocycles. The number of nitrogens with zero attached hydrogens (tertiary/aromatic N) is 1. The largest absolute Gasteiger partial charge is 0.394 e. The smallest absolute Gasteiger partial charge is 0.264 e. The van der Waals surface area contributed by atoms with Crippen molar-refractivity contribution in [1.29, 1.82) is 0 Å². The van der Waals surface area contributed by atoms with Gasteiger partial charge in [0.15, 0.2) is 0 Å². The Kier molecular flexibility index (Phi) is 6.25. The van der Waals surface area contributed by atoms with Gasteiger partial charge in [-0.05, 0) is 29.1 Å². The van der Waals surface area contributed by atoms with Crippen LogP contribution in [0.15, 0.2) is 66.3 Å². The van der Waals surface area contributed by atoms with Gasteiger partial charge in [0.2, 0.25) is 5.91 Å². The molecule has 0 aliphatic carbocycles. The van der Waals surface area contributed by atoms with E-state index in [-0.39, 0.29) is 0 Å². The zero-order chi connectivity index (χ0) is 21.6. The van der Waals surface area contributed by atoms with Crippen molar-refractivity contribution in [2.45, 2.75) is 12.6 Å². The number of nitrogens with one attached hydrogen (secondary N) is 4. The van der Waals surface area contributed by atoms with Gasteiger partial charge >= 0.3 is 0 Å². The van der Waals surface area contributed by atoms with Gasteiger partial charge in [0.25, 0.3) is 5.91 Å². The molecular formula is C22H21N5O3S. The highest BCUT2D eigenvalue weighted by Crippen LogP contribution is 2.29. The van der Waals surface area contributed by atoms with Crippen LogP contribution in [0.25, 0.3) is 11.0 Å². The van der Waals surface area contributed by atoms with Crippen molar-refractivity contribution in [3.8, 4) is 0 Å². The lowest BCUT2D eigenvalue weighted by Crippen LogP contribution is -2.48. The number of fused-ring (bicyclic) bond motifs is 1. The summed E-state index contributed by atoms with van der Waals surface area (Å²) in [5, 5.41) is 20.9. The average molecular weight is 436 g/mol. The number of amides is 2. The minimum absolute atomic E-state index is 0.312. The molecule has 1 aromatic carbocycles. The van der Waals surface area contributed by atoms with Gasteiger partial charge in [-0.15, -0.1) is 11.3 Å². The molecule has 0 saturated carbocycles. The second-order valence-corrected chi connectivity index (χ2v) is 7.72. The van der Waals surface area contributed by atoms with E-state index >= 15 is 0 Å². The van der Waals surface area contributed by atoms with Gasteiger partial charge in [-0.1, -0.05) is 30.3 Å². The first-order chi connectivity index (χ1) is 15.2. The van der Waals surface area contributed by atoms with Crippen LogP contribution in [0, 0.1) is 0 Å². The highest BCUT2D eigenvalue weighted by atomic mass is 32.1. The number of H-pyrrole nitrogens is 1. The fraction of sp³-hybridized carbons (Fsp3) is 0.136. The van der Waals surface area contributed by atoms with Crippen LogP contribution >= 0.6 is 11.3 Å². The van der Waals surface area contributed by atoms with Gasteiger partial charge in [0.05, 0.1) is 18.0 Å². The SMILES string of the molecule is O=C(NC(CO)C(=O)NCc1ccccc1)c1sccc1Nc1ccnc2[nH]ccc12. The van der Waals surface area contributed by atoms with E-state index in [1.807, 2.05) is 42.5 Å². The molecule has 0 bridgehead atoms. The number of pyridine rings is 1. The van der Waals surface area contributed by atoms with Gasteiger partial charge in [0, 0.05) is 24.3 Å². The molecule has 2 amide bonds. The van der Waals surface area contributed by atoms with E-state index in [2.05, 4.69) is 25.9 Å². The maximum Gasteiger partial charge on any atom is 0.264 e. The van der Waals surface area contributed by atoms with E-state index in [9.17, 15) is 14.7 Å². The van der Waals surface area contributed by atoms with E-state index in [1.165, 1.54) is 11.3 Å². The molecule has 1 atom stereocenters. The van der Waals surface area contributed by atoms with Crippen LogP contribution in [0.1, 0.15) is 15.2 Å². The number of hydrogen-bond acceptors (Lipinski definition) is 6. The summed E-state index contributed by atoms with van der Waals surface area (Å²) < 4.78 is 0. The van der Waals surface area contributed by atoms with Crippen molar-refractivity contribution < 1.29 is 14.7 Å². The van der Waals surface area contributed by atoms with Gasteiger partial charge in [-0.3, -0.25) is 9.59 Å². The molecule has 3 heterocycles. The van der Waals surface area contributed by atoms with Crippen LogP contribution in [0.4, 0.5) is 11.4 Å². The normalized spacial score (nSPS) is 11.8. The van der Waals surface area contributed by atoms with E-state index in [0.29, 0.717) is 17.1 Å². The first-order valence-corrected chi connectivity index (χ1v) is 10.5. The van der Waals surface area contributed by atoms with E-state index in [1.54, 1.807) is 23.8 Å². The van der Waals surface area contributed by atoms with Crippen LogP contribution in [0.5, 0.6) is 0 Å².